The Labute approximate surface area is 200 Å². The molecular formula is C28H33FO5. The fourth-order valence-corrected chi connectivity index (χ4v) is 3.63. The Morgan fingerprint density at radius 1 is 1.06 bits per heavy atom. The summed E-state index contributed by atoms with van der Waals surface area (Å²) in [5.74, 6) is -1.41. The van der Waals surface area contributed by atoms with Gasteiger partial charge >= 0.3 is 5.97 Å². The van der Waals surface area contributed by atoms with E-state index in [0.29, 0.717) is 28.9 Å². The Morgan fingerprint density at radius 2 is 1.74 bits per heavy atom. The third-order valence-corrected chi connectivity index (χ3v) is 5.44. The van der Waals surface area contributed by atoms with E-state index in [9.17, 15) is 19.1 Å². The van der Waals surface area contributed by atoms with Gasteiger partial charge in [0.15, 0.2) is 5.78 Å². The molecule has 0 saturated heterocycles. The smallest absolute Gasteiger partial charge is 0.342 e. The predicted molar refractivity (Wildman–Crippen MR) is 131 cm³/mol. The van der Waals surface area contributed by atoms with Crippen molar-refractivity contribution in [3.8, 4) is 11.5 Å². The van der Waals surface area contributed by atoms with Crippen LogP contribution in [0.1, 0.15) is 72.4 Å². The van der Waals surface area contributed by atoms with E-state index in [1.54, 1.807) is 6.92 Å². The van der Waals surface area contributed by atoms with Crippen LogP contribution in [-0.4, -0.2) is 30.6 Å². The molecule has 0 unspecified atom stereocenters. The zero-order valence-corrected chi connectivity index (χ0v) is 20.5. The largest absolute Gasteiger partial charge is 0.507 e. The second kappa shape index (κ2) is 12.7. The summed E-state index contributed by atoms with van der Waals surface area (Å²) < 4.78 is 24.0. The summed E-state index contributed by atoms with van der Waals surface area (Å²) in [6.45, 7) is 7.93. The second-order valence-electron chi connectivity index (χ2n) is 8.33. The minimum absolute atomic E-state index is 0.0521. The molecule has 0 atom stereocenters. The van der Waals surface area contributed by atoms with Gasteiger partial charge in [0.25, 0.3) is 0 Å². The Kier molecular flexibility index (Phi) is 10.0. The molecule has 182 valence electrons. The number of phenols is 1. The minimum atomic E-state index is -0.713. The van der Waals surface area contributed by atoms with Gasteiger partial charge < -0.3 is 14.6 Å². The van der Waals surface area contributed by atoms with Gasteiger partial charge in [-0.05, 0) is 76.8 Å². The molecule has 34 heavy (non-hydrogen) atoms. The molecule has 0 heterocycles. The van der Waals surface area contributed by atoms with E-state index in [-0.39, 0.29) is 30.1 Å². The zero-order chi connectivity index (χ0) is 25.3. The maximum Gasteiger partial charge on any atom is 0.342 e. The average molecular weight is 469 g/mol. The van der Waals surface area contributed by atoms with E-state index < -0.39 is 11.8 Å². The van der Waals surface area contributed by atoms with Gasteiger partial charge in [-0.3, -0.25) is 4.79 Å². The van der Waals surface area contributed by atoms with Gasteiger partial charge in [0.1, 0.15) is 22.9 Å². The second-order valence-corrected chi connectivity index (χ2v) is 8.33. The van der Waals surface area contributed by atoms with Crippen molar-refractivity contribution in [3.63, 3.8) is 0 Å². The molecule has 0 saturated carbocycles. The van der Waals surface area contributed by atoms with E-state index in [0.717, 1.165) is 18.4 Å². The van der Waals surface area contributed by atoms with Crippen LogP contribution in [0.4, 0.5) is 4.39 Å². The number of allylic oxidation sites excluding steroid dienone is 4. The van der Waals surface area contributed by atoms with E-state index in [2.05, 4.69) is 19.9 Å². The molecule has 0 bridgehead atoms. The number of Topliss-reactive ketones (excluding diaryl/α,β-unsaturated/α-hetero) is 1. The van der Waals surface area contributed by atoms with Crippen molar-refractivity contribution < 1.29 is 28.6 Å². The quantitative estimate of drug-likeness (QED) is 0.235. The van der Waals surface area contributed by atoms with Gasteiger partial charge in [0, 0.05) is 23.6 Å². The summed E-state index contributed by atoms with van der Waals surface area (Å²) in [4.78, 5) is 25.8. The Balaban J connectivity index is 2.53. The monoisotopic (exact) mass is 468 g/mol. The molecule has 0 amide bonds. The number of ketones is 1. The Morgan fingerprint density at radius 3 is 2.32 bits per heavy atom. The number of ether oxygens (including phenoxy) is 2. The van der Waals surface area contributed by atoms with Crippen molar-refractivity contribution in [3.05, 3.63) is 81.7 Å². The summed E-state index contributed by atoms with van der Waals surface area (Å²) in [7, 11) is 1.47. The number of esters is 1. The lowest BCUT2D eigenvalue weighted by Crippen LogP contribution is -2.15. The lowest BCUT2D eigenvalue weighted by atomic mass is 9.90. The first-order chi connectivity index (χ1) is 16.2. The highest BCUT2D eigenvalue weighted by Crippen LogP contribution is 2.35. The average Bonchev–Trinajstić information content (AvgIpc) is 2.78. The van der Waals surface area contributed by atoms with Crippen LogP contribution in [0.3, 0.4) is 0 Å². The van der Waals surface area contributed by atoms with Crippen LogP contribution in [0.15, 0.2) is 53.6 Å². The number of carbonyl (C=O) groups is 2. The molecule has 0 radical (unpaired) electrons. The molecule has 0 aliphatic heterocycles. The van der Waals surface area contributed by atoms with E-state index >= 15 is 0 Å². The molecule has 0 aliphatic rings. The van der Waals surface area contributed by atoms with Gasteiger partial charge in [-0.25, -0.2) is 9.18 Å². The normalized spacial score (nSPS) is 11.2. The van der Waals surface area contributed by atoms with Gasteiger partial charge in [0.05, 0.1) is 13.7 Å². The maximum atomic E-state index is 13.3. The van der Waals surface area contributed by atoms with E-state index in [1.165, 1.54) is 43.0 Å². The zero-order valence-electron chi connectivity index (χ0n) is 20.5. The van der Waals surface area contributed by atoms with Crippen LogP contribution in [0.2, 0.25) is 0 Å². The van der Waals surface area contributed by atoms with Crippen LogP contribution >= 0.6 is 0 Å². The number of methoxy groups -OCH3 is 1. The van der Waals surface area contributed by atoms with E-state index in [1.807, 2.05) is 13.0 Å². The molecule has 1 N–H and O–H groups in total. The lowest BCUT2D eigenvalue weighted by molar-refractivity contribution is 0.0521. The molecule has 5 nitrogen and oxygen atoms in total. The van der Waals surface area contributed by atoms with Crippen LogP contribution in [0.25, 0.3) is 0 Å². The summed E-state index contributed by atoms with van der Waals surface area (Å²) in [5, 5.41) is 10.6. The first kappa shape index (κ1) is 26.8. The van der Waals surface area contributed by atoms with Gasteiger partial charge in [-0.1, -0.05) is 23.3 Å². The molecular weight excluding hydrogens is 435 g/mol. The number of rotatable bonds is 11. The van der Waals surface area contributed by atoms with Crippen LogP contribution in [0.5, 0.6) is 11.5 Å². The molecule has 2 aromatic carbocycles. The van der Waals surface area contributed by atoms with Crippen LogP contribution in [0, 0.1) is 5.82 Å². The molecule has 2 rings (SSSR count). The summed E-state index contributed by atoms with van der Waals surface area (Å²) in [5.41, 5.74) is 3.63. The highest BCUT2D eigenvalue weighted by atomic mass is 19.1. The van der Waals surface area contributed by atoms with Gasteiger partial charge in [-0.2, -0.15) is 0 Å². The molecule has 0 aliphatic carbocycles. The number of aromatic hydroxyl groups is 1. The van der Waals surface area contributed by atoms with Crippen molar-refractivity contribution in [2.24, 2.45) is 0 Å². The number of halogens is 1. The van der Waals surface area contributed by atoms with E-state index in [4.69, 9.17) is 9.47 Å². The minimum Gasteiger partial charge on any atom is -0.507 e. The van der Waals surface area contributed by atoms with Crippen LogP contribution in [-0.2, 0) is 17.6 Å². The summed E-state index contributed by atoms with van der Waals surface area (Å²) in [6, 6.07) is 6.59. The Bertz CT molecular complexity index is 1080. The van der Waals surface area contributed by atoms with Gasteiger partial charge in [-0.15, -0.1) is 0 Å². The van der Waals surface area contributed by atoms with Crippen LogP contribution < -0.4 is 4.74 Å². The van der Waals surface area contributed by atoms with Crippen molar-refractivity contribution in [1.82, 2.24) is 0 Å². The fraction of sp³-hybridized carbons (Fsp3) is 0.357. The standard InChI is InChI=1S/C28H33FO5/c1-6-34-28(32)27-23(16-24(30)20-11-13-21(29)14-12-20)22(26(33-5)17-25(27)31)15-10-19(4)9-7-8-18(2)3/h8,10-14,17,31H,6-7,9,15-16H2,1-5H3/b19-10+. The number of hydrogen-bond acceptors (Lipinski definition) is 5. The number of carbonyl (C=O) groups excluding carboxylic acids is 2. The van der Waals surface area contributed by atoms with Crippen molar-refractivity contribution in [2.75, 3.05) is 13.7 Å². The molecule has 2 aromatic rings. The lowest BCUT2D eigenvalue weighted by Gasteiger charge is -2.18. The third-order valence-electron chi connectivity index (χ3n) is 5.44. The van der Waals surface area contributed by atoms with Crippen molar-refractivity contribution >= 4 is 11.8 Å². The number of benzene rings is 2. The number of phenolic OH excluding ortho intramolecular Hbond substituents is 1. The topological polar surface area (TPSA) is 72.8 Å². The Hall–Kier alpha value is -3.41. The first-order valence-electron chi connectivity index (χ1n) is 11.3. The highest BCUT2D eigenvalue weighted by molar-refractivity contribution is 6.01. The predicted octanol–water partition coefficient (Wildman–Crippen LogP) is 6.38. The maximum absolute atomic E-state index is 13.3. The molecule has 6 heteroatoms. The first-order valence-corrected chi connectivity index (χ1v) is 11.3. The SMILES string of the molecule is CCOC(=O)c1c(O)cc(OC)c(C/C=C(\C)CCC=C(C)C)c1CC(=O)c1ccc(F)cc1. The number of hydrogen-bond donors (Lipinski definition) is 1. The third kappa shape index (κ3) is 7.30. The molecule has 0 aromatic heterocycles. The summed E-state index contributed by atoms with van der Waals surface area (Å²) in [6.07, 6.45) is 6.23. The fourth-order valence-electron chi connectivity index (χ4n) is 3.63. The van der Waals surface area contributed by atoms with Crippen molar-refractivity contribution in [1.29, 1.82) is 0 Å². The van der Waals surface area contributed by atoms with Crippen molar-refractivity contribution in [2.45, 2.75) is 53.4 Å². The molecule has 0 spiro atoms. The molecule has 0 fully saturated rings. The van der Waals surface area contributed by atoms with Gasteiger partial charge in [0.2, 0.25) is 0 Å². The summed E-state index contributed by atoms with van der Waals surface area (Å²) >= 11 is 0. The highest BCUT2D eigenvalue weighted by Gasteiger charge is 2.26.